The van der Waals surface area contributed by atoms with Crippen molar-refractivity contribution in [3.8, 4) is 6.07 Å². The third-order valence-corrected chi connectivity index (χ3v) is 6.99. The number of carboxylic acid groups (broad SMARTS) is 1. The first-order chi connectivity index (χ1) is 18.9. The van der Waals surface area contributed by atoms with Gasteiger partial charge in [0.2, 0.25) is 0 Å². The third-order valence-electron chi connectivity index (χ3n) is 6.99. The third kappa shape index (κ3) is 7.97. The maximum Gasteiger partial charge on any atom is 0.326 e. The van der Waals surface area contributed by atoms with Crippen molar-refractivity contribution in [1.82, 2.24) is 29.6 Å². The fourth-order valence-electron chi connectivity index (χ4n) is 4.88. The highest BCUT2D eigenvalue weighted by atomic mass is 16.4. The second kappa shape index (κ2) is 13.7. The summed E-state index contributed by atoms with van der Waals surface area (Å²) in [6, 6.07) is 7.45. The van der Waals surface area contributed by atoms with Gasteiger partial charge in [0.1, 0.15) is 17.9 Å². The molecule has 0 bridgehead atoms. The molecule has 3 aromatic heterocycles. The molecule has 0 amide bonds. The normalized spacial score (nSPS) is 13.4. The van der Waals surface area contributed by atoms with Crippen LogP contribution in [0.4, 0.5) is 11.6 Å². The molecule has 11 heteroatoms. The van der Waals surface area contributed by atoms with Crippen molar-refractivity contribution in [2.75, 3.05) is 36.8 Å². The van der Waals surface area contributed by atoms with Crippen LogP contribution in [0.25, 0.3) is 0 Å². The monoisotopic (exact) mass is 531 g/mol. The summed E-state index contributed by atoms with van der Waals surface area (Å²) in [6.45, 7) is 7.90. The van der Waals surface area contributed by atoms with Gasteiger partial charge >= 0.3 is 5.97 Å². The first-order valence-electron chi connectivity index (χ1n) is 13.6. The summed E-state index contributed by atoms with van der Waals surface area (Å²) in [5.41, 5.74) is 4.57. The molecule has 39 heavy (non-hydrogen) atoms. The molecule has 0 fully saturated rings. The highest BCUT2D eigenvalue weighted by Gasteiger charge is 2.21. The number of nitrogens with one attached hydrogen (secondary N) is 2. The van der Waals surface area contributed by atoms with Crippen molar-refractivity contribution < 1.29 is 9.90 Å². The van der Waals surface area contributed by atoms with E-state index < -0.39 is 12.0 Å². The smallest absolute Gasteiger partial charge is 0.326 e. The number of aliphatic carboxylic acids is 1. The molecule has 0 saturated carbocycles. The lowest BCUT2D eigenvalue weighted by atomic mass is 10.1. The number of anilines is 2. The van der Waals surface area contributed by atoms with E-state index in [0.29, 0.717) is 13.0 Å². The molecule has 4 heterocycles. The maximum absolute atomic E-state index is 12.0. The van der Waals surface area contributed by atoms with Gasteiger partial charge in [-0.25, -0.2) is 19.7 Å². The zero-order valence-corrected chi connectivity index (χ0v) is 22.7. The summed E-state index contributed by atoms with van der Waals surface area (Å²) in [6.07, 6.45) is 8.31. The van der Waals surface area contributed by atoms with Crippen LogP contribution < -0.4 is 10.6 Å². The molecule has 0 radical (unpaired) electrons. The molecule has 0 saturated heterocycles. The Labute approximate surface area is 229 Å². The lowest BCUT2D eigenvalue weighted by Gasteiger charge is -2.25. The topological polar surface area (TPSA) is 145 Å². The minimum absolute atomic E-state index is 0.0797. The van der Waals surface area contributed by atoms with Crippen LogP contribution in [0.2, 0.25) is 0 Å². The van der Waals surface area contributed by atoms with Gasteiger partial charge < -0.3 is 20.6 Å². The number of carbonyl (C=O) groups is 1. The van der Waals surface area contributed by atoms with Crippen molar-refractivity contribution in [1.29, 1.82) is 5.26 Å². The summed E-state index contributed by atoms with van der Waals surface area (Å²) >= 11 is 0. The van der Waals surface area contributed by atoms with E-state index in [1.54, 1.807) is 0 Å². The van der Waals surface area contributed by atoms with Crippen molar-refractivity contribution in [2.45, 2.75) is 65.0 Å². The molecule has 1 unspecified atom stereocenters. The number of nitrogens with zero attached hydrogens (tertiary/aromatic N) is 7. The molecule has 0 aromatic carbocycles. The number of carboxylic acids is 1. The van der Waals surface area contributed by atoms with Gasteiger partial charge in [-0.15, -0.1) is 0 Å². The SMILES string of the molecule is Cc1cc(C)n(CCN(CCCCc2ccc3c(n2)NCCC3)CCC(Nc2nccnc2C#N)C(=O)O)n1. The Hall–Kier alpha value is -4.04. The van der Waals surface area contributed by atoms with Gasteiger partial charge in [-0.3, -0.25) is 4.68 Å². The van der Waals surface area contributed by atoms with Gasteiger partial charge in [0.15, 0.2) is 11.5 Å². The number of aryl methyl sites for hydroxylation is 4. The molecule has 1 atom stereocenters. The van der Waals surface area contributed by atoms with Crippen LogP contribution in [-0.2, 0) is 24.2 Å². The number of nitriles is 1. The van der Waals surface area contributed by atoms with Crippen molar-refractivity contribution >= 4 is 17.6 Å². The molecule has 1 aliphatic rings. The number of pyridine rings is 1. The summed E-state index contributed by atoms with van der Waals surface area (Å²) in [4.78, 5) is 27.2. The molecule has 3 N–H and O–H groups in total. The largest absolute Gasteiger partial charge is 0.480 e. The van der Waals surface area contributed by atoms with Crippen molar-refractivity contribution in [3.63, 3.8) is 0 Å². The summed E-state index contributed by atoms with van der Waals surface area (Å²) in [5, 5.41) is 30.0. The van der Waals surface area contributed by atoms with Crippen LogP contribution in [0.1, 0.15) is 54.0 Å². The molecular formula is C28H37N9O2. The fraction of sp³-hybridized carbons (Fsp3) is 0.500. The van der Waals surface area contributed by atoms with Crippen LogP contribution in [0.3, 0.4) is 0 Å². The molecule has 3 aromatic rings. The average Bonchev–Trinajstić information content (AvgIpc) is 3.27. The summed E-state index contributed by atoms with van der Waals surface area (Å²) in [7, 11) is 0. The Morgan fingerprint density at radius 3 is 2.85 bits per heavy atom. The Bertz CT molecular complexity index is 1300. The summed E-state index contributed by atoms with van der Waals surface area (Å²) < 4.78 is 2.00. The first kappa shape index (κ1) is 28.0. The molecular weight excluding hydrogens is 494 g/mol. The van der Waals surface area contributed by atoms with Gasteiger partial charge in [-0.1, -0.05) is 6.07 Å². The Kier molecular flexibility index (Phi) is 9.80. The fourth-order valence-corrected chi connectivity index (χ4v) is 4.88. The minimum atomic E-state index is -0.991. The van der Waals surface area contributed by atoms with Crippen molar-refractivity contribution in [2.24, 2.45) is 0 Å². The Balaban J connectivity index is 1.35. The van der Waals surface area contributed by atoms with Crippen LogP contribution in [-0.4, -0.2) is 72.9 Å². The van der Waals surface area contributed by atoms with Gasteiger partial charge in [0.05, 0.1) is 12.2 Å². The molecule has 206 valence electrons. The Morgan fingerprint density at radius 1 is 1.23 bits per heavy atom. The first-order valence-corrected chi connectivity index (χ1v) is 13.6. The molecule has 11 nitrogen and oxygen atoms in total. The zero-order chi connectivity index (χ0) is 27.6. The number of hydrogen-bond acceptors (Lipinski definition) is 9. The molecule has 0 aliphatic carbocycles. The lowest BCUT2D eigenvalue weighted by molar-refractivity contribution is -0.138. The van der Waals surface area contributed by atoms with Gasteiger partial charge in [-0.05, 0) is 76.6 Å². The standard InChI is InChI=1S/C28H37N9O2/c1-20-18-21(2)37(35-20)17-16-36(14-4-3-7-23-9-8-22-6-5-11-31-26(22)33-23)15-10-24(28(38)39)34-27-25(19-29)30-12-13-32-27/h8-9,12-13,18,24H,3-7,10-11,14-17H2,1-2H3,(H,31,33)(H,32,34)(H,38,39). The van der Waals surface area contributed by atoms with Crippen molar-refractivity contribution in [3.05, 3.63) is 58.9 Å². The highest BCUT2D eigenvalue weighted by Crippen LogP contribution is 2.20. The number of unbranched alkanes of at least 4 members (excludes halogenated alkanes) is 1. The van der Waals surface area contributed by atoms with Crippen LogP contribution >= 0.6 is 0 Å². The predicted octanol–water partition coefficient (Wildman–Crippen LogP) is 3.20. The quantitative estimate of drug-likeness (QED) is 0.265. The molecule has 0 spiro atoms. The van der Waals surface area contributed by atoms with E-state index in [9.17, 15) is 15.2 Å². The second-order valence-electron chi connectivity index (χ2n) is 9.98. The van der Waals surface area contributed by atoms with E-state index >= 15 is 0 Å². The average molecular weight is 532 g/mol. The molecule has 4 rings (SSSR count). The highest BCUT2D eigenvalue weighted by molar-refractivity contribution is 5.77. The van der Waals surface area contributed by atoms with Gasteiger partial charge in [-0.2, -0.15) is 10.4 Å². The number of aromatic nitrogens is 5. The maximum atomic E-state index is 12.0. The van der Waals surface area contributed by atoms with E-state index in [2.05, 4.69) is 48.8 Å². The van der Waals surface area contributed by atoms with Crippen LogP contribution in [0, 0.1) is 25.2 Å². The van der Waals surface area contributed by atoms with Crippen LogP contribution in [0.15, 0.2) is 30.6 Å². The van der Waals surface area contributed by atoms with E-state index in [4.69, 9.17) is 4.98 Å². The lowest BCUT2D eigenvalue weighted by Crippen LogP contribution is -2.37. The van der Waals surface area contributed by atoms with E-state index in [-0.39, 0.29) is 11.5 Å². The zero-order valence-electron chi connectivity index (χ0n) is 22.7. The van der Waals surface area contributed by atoms with Crippen LogP contribution in [0.5, 0.6) is 0 Å². The Morgan fingerprint density at radius 2 is 2.08 bits per heavy atom. The number of hydrogen-bond donors (Lipinski definition) is 3. The second-order valence-corrected chi connectivity index (χ2v) is 9.98. The van der Waals surface area contributed by atoms with Gasteiger partial charge in [0.25, 0.3) is 0 Å². The number of fused-ring (bicyclic) bond motifs is 1. The van der Waals surface area contributed by atoms with Gasteiger partial charge in [0, 0.05) is 43.4 Å². The predicted molar refractivity (Wildman–Crippen MR) is 149 cm³/mol. The summed E-state index contributed by atoms with van der Waals surface area (Å²) in [5.74, 6) is 0.226. The van der Waals surface area contributed by atoms with E-state index in [1.165, 1.54) is 18.0 Å². The van der Waals surface area contributed by atoms with E-state index in [0.717, 1.165) is 81.2 Å². The minimum Gasteiger partial charge on any atom is -0.480 e. The van der Waals surface area contributed by atoms with E-state index in [1.807, 2.05) is 24.6 Å². The molecule has 1 aliphatic heterocycles. The number of rotatable bonds is 14.